The van der Waals surface area contributed by atoms with Crippen LogP contribution in [0.4, 0.5) is 0 Å². The largest absolute Gasteiger partial charge is 0.346 e. The fourth-order valence-corrected chi connectivity index (χ4v) is 4.68. The summed E-state index contributed by atoms with van der Waals surface area (Å²) in [6.07, 6.45) is 5.18. The number of pyridine rings is 1. The Morgan fingerprint density at radius 1 is 1.24 bits per heavy atom. The van der Waals surface area contributed by atoms with Crippen molar-refractivity contribution in [3.63, 3.8) is 0 Å². The zero-order chi connectivity index (χ0) is 20.6. The molecule has 1 saturated carbocycles. The molecule has 2 aromatic heterocycles. The summed E-state index contributed by atoms with van der Waals surface area (Å²) in [4.78, 5) is 17.0. The monoisotopic (exact) mass is 433 g/mol. The first-order chi connectivity index (χ1) is 13.9. The number of hydrogen-bond donors (Lipinski definition) is 1. The van der Waals surface area contributed by atoms with Gasteiger partial charge >= 0.3 is 5.69 Å². The predicted molar refractivity (Wildman–Crippen MR) is 109 cm³/mol. The summed E-state index contributed by atoms with van der Waals surface area (Å²) in [5, 5.41) is 4.82. The van der Waals surface area contributed by atoms with Crippen molar-refractivity contribution in [1.82, 2.24) is 24.1 Å². The van der Waals surface area contributed by atoms with Gasteiger partial charge in [-0.3, -0.25) is 9.55 Å². The SMILES string of the molecule is Cc1c(Cl)cccc1S(=O)(=O)NCCn1nc(-c2cccnc2)n(C2CC2)c1=O. The molecule has 152 valence electrons. The highest BCUT2D eigenvalue weighted by atomic mass is 35.5. The van der Waals surface area contributed by atoms with Crippen LogP contribution in [-0.2, 0) is 16.6 Å². The van der Waals surface area contributed by atoms with E-state index in [0.29, 0.717) is 16.4 Å². The summed E-state index contributed by atoms with van der Waals surface area (Å²) >= 11 is 6.03. The maximum Gasteiger partial charge on any atom is 0.346 e. The predicted octanol–water partition coefficient (Wildman–Crippen LogP) is 2.38. The second-order valence-electron chi connectivity index (χ2n) is 6.93. The Morgan fingerprint density at radius 2 is 2.03 bits per heavy atom. The molecule has 4 rings (SSSR count). The molecule has 0 atom stereocenters. The minimum absolute atomic E-state index is 0.0301. The Hall–Kier alpha value is -2.49. The number of nitrogens with one attached hydrogen (secondary N) is 1. The summed E-state index contributed by atoms with van der Waals surface area (Å²) < 4.78 is 30.7. The van der Waals surface area contributed by atoms with E-state index < -0.39 is 10.0 Å². The van der Waals surface area contributed by atoms with E-state index in [0.717, 1.165) is 18.4 Å². The Kier molecular flexibility index (Phi) is 5.28. The number of benzene rings is 1. The normalized spacial score (nSPS) is 14.3. The van der Waals surface area contributed by atoms with Crippen molar-refractivity contribution >= 4 is 21.6 Å². The maximum atomic E-state index is 12.8. The van der Waals surface area contributed by atoms with Crippen LogP contribution < -0.4 is 10.4 Å². The van der Waals surface area contributed by atoms with E-state index >= 15 is 0 Å². The van der Waals surface area contributed by atoms with E-state index in [1.54, 1.807) is 42.1 Å². The maximum absolute atomic E-state index is 12.8. The number of sulfonamides is 1. The molecular formula is C19H20ClN5O3S. The molecule has 1 N–H and O–H groups in total. The summed E-state index contributed by atoms with van der Waals surface area (Å²) in [5.41, 5.74) is 0.991. The molecule has 0 aliphatic heterocycles. The summed E-state index contributed by atoms with van der Waals surface area (Å²) in [6.45, 7) is 1.80. The molecule has 0 saturated heterocycles. The van der Waals surface area contributed by atoms with Gasteiger partial charge < -0.3 is 0 Å². The van der Waals surface area contributed by atoms with Gasteiger partial charge in [-0.25, -0.2) is 22.6 Å². The third-order valence-electron chi connectivity index (χ3n) is 4.83. The van der Waals surface area contributed by atoms with E-state index in [9.17, 15) is 13.2 Å². The Bertz CT molecular complexity index is 1200. The molecule has 0 bridgehead atoms. The first-order valence-electron chi connectivity index (χ1n) is 9.23. The smallest absolute Gasteiger partial charge is 0.272 e. The lowest BCUT2D eigenvalue weighted by Crippen LogP contribution is -2.32. The topological polar surface area (TPSA) is 98.9 Å². The molecule has 3 aromatic rings. The Labute approximate surface area is 173 Å². The van der Waals surface area contributed by atoms with Crippen LogP contribution in [0.5, 0.6) is 0 Å². The number of nitrogens with zero attached hydrogens (tertiary/aromatic N) is 4. The number of hydrogen-bond acceptors (Lipinski definition) is 5. The van der Waals surface area contributed by atoms with Gasteiger partial charge in [-0.1, -0.05) is 17.7 Å². The molecule has 1 aliphatic rings. The van der Waals surface area contributed by atoms with Crippen LogP contribution in [-0.4, -0.2) is 34.3 Å². The summed E-state index contributed by atoms with van der Waals surface area (Å²) in [7, 11) is -3.75. The van der Waals surface area contributed by atoms with Crippen molar-refractivity contribution in [3.8, 4) is 11.4 Å². The average Bonchev–Trinajstić information content (AvgIpc) is 3.48. The molecule has 0 amide bonds. The third-order valence-corrected chi connectivity index (χ3v) is 6.84. The van der Waals surface area contributed by atoms with Crippen molar-refractivity contribution in [1.29, 1.82) is 0 Å². The van der Waals surface area contributed by atoms with E-state index in [1.165, 1.54) is 10.7 Å². The highest BCUT2D eigenvalue weighted by Gasteiger charge is 2.30. The zero-order valence-corrected chi connectivity index (χ0v) is 17.3. The van der Waals surface area contributed by atoms with Gasteiger partial charge in [0.15, 0.2) is 5.82 Å². The average molecular weight is 434 g/mol. The van der Waals surface area contributed by atoms with Crippen LogP contribution >= 0.6 is 11.6 Å². The van der Waals surface area contributed by atoms with Crippen molar-refractivity contribution < 1.29 is 8.42 Å². The minimum Gasteiger partial charge on any atom is -0.272 e. The van der Waals surface area contributed by atoms with E-state index in [-0.39, 0.29) is 29.7 Å². The van der Waals surface area contributed by atoms with Gasteiger partial charge in [-0.05, 0) is 49.6 Å². The van der Waals surface area contributed by atoms with Gasteiger partial charge in [0.1, 0.15) is 0 Å². The second-order valence-corrected chi connectivity index (χ2v) is 9.08. The van der Waals surface area contributed by atoms with Crippen molar-refractivity contribution in [2.45, 2.75) is 37.2 Å². The molecule has 10 heteroatoms. The lowest BCUT2D eigenvalue weighted by molar-refractivity contribution is 0.546. The highest BCUT2D eigenvalue weighted by Crippen LogP contribution is 2.36. The molecule has 1 aliphatic carbocycles. The van der Waals surface area contributed by atoms with E-state index in [1.807, 2.05) is 6.07 Å². The molecule has 1 aromatic carbocycles. The zero-order valence-electron chi connectivity index (χ0n) is 15.7. The number of rotatable bonds is 7. The van der Waals surface area contributed by atoms with Gasteiger partial charge in [-0.2, -0.15) is 0 Å². The van der Waals surface area contributed by atoms with Gasteiger partial charge in [0.05, 0.1) is 11.4 Å². The molecule has 2 heterocycles. The standard InChI is InChI=1S/C19H20ClN5O3S/c1-13-16(20)5-2-6-17(13)29(27,28)22-10-11-24-19(26)25(15-7-8-15)18(23-24)14-4-3-9-21-12-14/h2-6,9,12,15,22H,7-8,10-11H2,1H3. The molecule has 0 radical (unpaired) electrons. The van der Waals surface area contributed by atoms with Crippen LogP contribution in [0.1, 0.15) is 24.4 Å². The van der Waals surface area contributed by atoms with Crippen LogP contribution in [0.15, 0.2) is 52.4 Å². The minimum atomic E-state index is -3.75. The van der Waals surface area contributed by atoms with Gasteiger partial charge in [0.25, 0.3) is 0 Å². The Balaban J connectivity index is 1.55. The summed E-state index contributed by atoms with van der Waals surface area (Å²) in [6, 6.07) is 8.50. The van der Waals surface area contributed by atoms with Crippen molar-refractivity contribution in [3.05, 3.63) is 63.8 Å². The number of aromatic nitrogens is 4. The fourth-order valence-electron chi connectivity index (χ4n) is 3.16. The first-order valence-corrected chi connectivity index (χ1v) is 11.1. The molecule has 1 fully saturated rings. The summed E-state index contributed by atoms with van der Waals surface area (Å²) in [5.74, 6) is 0.555. The van der Waals surface area contributed by atoms with Gasteiger partial charge in [-0.15, -0.1) is 5.10 Å². The first kappa shape index (κ1) is 19.8. The van der Waals surface area contributed by atoms with Crippen LogP contribution in [0, 0.1) is 6.92 Å². The lowest BCUT2D eigenvalue weighted by Gasteiger charge is -2.10. The van der Waals surface area contributed by atoms with Crippen LogP contribution in [0.3, 0.4) is 0 Å². The Morgan fingerprint density at radius 3 is 2.72 bits per heavy atom. The van der Waals surface area contributed by atoms with E-state index in [2.05, 4.69) is 14.8 Å². The molecule has 29 heavy (non-hydrogen) atoms. The quantitative estimate of drug-likeness (QED) is 0.616. The van der Waals surface area contributed by atoms with E-state index in [4.69, 9.17) is 11.6 Å². The highest BCUT2D eigenvalue weighted by molar-refractivity contribution is 7.89. The van der Waals surface area contributed by atoms with Gasteiger partial charge in [0.2, 0.25) is 10.0 Å². The fraction of sp³-hybridized carbons (Fsp3) is 0.316. The molecule has 8 nitrogen and oxygen atoms in total. The molecule has 0 spiro atoms. The van der Waals surface area contributed by atoms with Crippen LogP contribution in [0.25, 0.3) is 11.4 Å². The second kappa shape index (κ2) is 7.74. The third kappa shape index (κ3) is 3.98. The van der Waals surface area contributed by atoms with Crippen molar-refractivity contribution in [2.75, 3.05) is 6.54 Å². The number of halogens is 1. The molecule has 0 unspecified atom stereocenters. The lowest BCUT2D eigenvalue weighted by atomic mass is 10.2. The molecular weight excluding hydrogens is 414 g/mol. The van der Waals surface area contributed by atoms with Crippen LogP contribution in [0.2, 0.25) is 5.02 Å². The van der Waals surface area contributed by atoms with Gasteiger partial charge in [0, 0.05) is 35.6 Å². The van der Waals surface area contributed by atoms with Crippen molar-refractivity contribution in [2.24, 2.45) is 0 Å².